The van der Waals surface area contributed by atoms with E-state index in [1.54, 1.807) is 12.1 Å². The maximum atomic E-state index is 12.2. The number of rotatable bonds is 5. The normalized spacial score (nSPS) is 19.5. The second kappa shape index (κ2) is 6.49. The summed E-state index contributed by atoms with van der Waals surface area (Å²) in [6.45, 7) is -1.49. The summed E-state index contributed by atoms with van der Waals surface area (Å²) in [5.41, 5.74) is 6.27. The van der Waals surface area contributed by atoms with Crippen LogP contribution >= 0.6 is 15.9 Å². The fourth-order valence-electron chi connectivity index (χ4n) is 2.41. The van der Waals surface area contributed by atoms with Crippen LogP contribution in [-0.2, 0) is 11.3 Å². The molecular weight excluding hydrogens is 334 g/mol. The smallest absolute Gasteiger partial charge is 0.387 e. The average molecular weight is 349 g/mol. The number of carbonyl (C=O) groups is 1. The molecular formula is C13H15BrF2N2O2. The van der Waals surface area contributed by atoms with Gasteiger partial charge in [0.2, 0.25) is 5.91 Å². The van der Waals surface area contributed by atoms with Crippen molar-refractivity contribution < 1.29 is 18.3 Å². The van der Waals surface area contributed by atoms with Crippen molar-refractivity contribution in [1.29, 1.82) is 0 Å². The van der Waals surface area contributed by atoms with Gasteiger partial charge in [-0.25, -0.2) is 0 Å². The van der Waals surface area contributed by atoms with Gasteiger partial charge in [0.25, 0.3) is 0 Å². The molecule has 1 aliphatic heterocycles. The molecule has 0 bridgehead atoms. The molecule has 1 heterocycles. The van der Waals surface area contributed by atoms with E-state index in [9.17, 15) is 13.6 Å². The van der Waals surface area contributed by atoms with E-state index in [2.05, 4.69) is 20.7 Å². The summed E-state index contributed by atoms with van der Waals surface area (Å²) in [6, 6.07) is 4.67. The first-order chi connectivity index (χ1) is 9.47. The van der Waals surface area contributed by atoms with Crippen molar-refractivity contribution in [2.75, 3.05) is 6.54 Å². The van der Waals surface area contributed by atoms with E-state index in [0.29, 0.717) is 11.0 Å². The minimum Gasteiger partial charge on any atom is -0.434 e. The van der Waals surface area contributed by atoms with Gasteiger partial charge in [0.1, 0.15) is 5.75 Å². The highest BCUT2D eigenvalue weighted by atomic mass is 79.9. The maximum Gasteiger partial charge on any atom is 0.387 e. The zero-order chi connectivity index (χ0) is 14.7. The molecule has 1 fully saturated rings. The van der Waals surface area contributed by atoms with Crippen molar-refractivity contribution >= 4 is 21.8 Å². The zero-order valence-electron chi connectivity index (χ0n) is 10.7. The Morgan fingerprint density at radius 1 is 1.55 bits per heavy atom. The predicted octanol–water partition coefficient (Wildman–Crippen LogP) is 2.50. The van der Waals surface area contributed by atoms with Gasteiger partial charge in [-0.3, -0.25) is 9.69 Å². The van der Waals surface area contributed by atoms with Crippen molar-refractivity contribution in [1.82, 2.24) is 4.90 Å². The molecule has 1 aromatic carbocycles. The lowest BCUT2D eigenvalue weighted by Gasteiger charge is -2.22. The molecule has 110 valence electrons. The predicted molar refractivity (Wildman–Crippen MR) is 73.4 cm³/mol. The fourth-order valence-corrected chi connectivity index (χ4v) is 2.93. The molecule has 0 unspecified atom stereocenters. The lowest BCUT2D eigenvalue weighted by Crippen LogP contribution is -2.39. The van der Waals surface area contributed by atoms with Gasteiger partial charge in [0, 0.05) is 6.54 Å². The van der Waals surface area contributed by atoms with Gasteiger partial charge in [-0.1, -0.05) is 6.07 Å². The Bertz CT molecular complexity index is 499. The number of nitrogens with zero attached hydrogens (tertiary/aromatic N) is 1. The number of nitrogens with two attached hydrogens (primary N) is 1. The van der Waals surface area contributed by atoms with Crippen molar-refractivity contribution in [3.8, 4) is 5.75 Å². The van der Waals surface area contributed by atoms with Crippen LogP contribution in [0.1, 0.15) is 18.4 Å². The Hall–Kier alpha value is -1.21. The minimum absolute atomic E-state index is 0.0941. The van der Waals surface area contributed by atoms with Gasteiger partial charge in [0.05, 0.1) is 10.5 Å². The lowest BCUT2D eigenvalue weighted by atomic mass is 10.1. The van der Waals surface area contributed by atoms with Crippen LogP contribution in [-0.4, -0.2) is 30.0 Å². The molecule has 1 aliphatic rings. The first-order valence-corrected chi connectivity index (χ1v) is 7.03. The Morgan fingerprint density at radius 3 is 2.90 bits per heavy atom. The Balaban J connectivity index is 2.06. The minimum atomic E-state index is -2.85. The summed E-state index contributed by atoms with van der Waals surface area (Å²) in [7, 11) is 0. The van der Waals surface area contributed by atoms with Gasteiger partial charge < -0.3 is 10.5 Å². The van der Waals surface area contributed by atoms with E-state index >= 15 is 0 Å². The number of carbonyl (C=O) groups excluding carboxylic acids is 1. The summed E-state index contributed by atoms with van der Waals surface area (Å²) >= 11 is 3.20. The third kappa shape index (κ3) is 3.67. The number of amides is 1. The van der Waals surface area contributed by atoms with Crippen LogP contribution in [0.5, 0.6) is 5.75 Å². The Kier molecular flexibility index (Phi) is 4.93. The summed E-state index contributed by atoms with van der Waals surface area (Å²) in [5, 5.41) is 0. The summed E-state index contributed by atoms with van der Waals surface area (Å²) < 4.78 is 29.2. The molecule has 0 aromatic heterocycles. The number of primary amides is 1. The fraction of sp³-hybridized carbons (Fsp3) is 0.462. The van der Waals surface area contributed by atoms with E-state index in [4.69, 9.17) is 5.73 Å². The van der Waals surface area contributed by atoms with Crippen LogP contribution < -0.4 is 10.5 Å². The van der Waals surface area contributed by atoms with Crippen LogP contribution in [0.2, 0.25) is 0 Å². The van der Waals surface area contributed by atoms with Crippen LogP contribution in [0.4, 0.5) is 8.78 Å². The second-order valence-corrected chi connectivity index (χ2v) is 5.53. The van der Waals surface area contributed by atoms with Crippen molar-refractivity contribution in [3.05, 3.63) is 28.2 Å². The third-order valence-electron chi connectivity index (χ3n) is 3.29. The molecule has 0 saturated carbocycles. The van der Waals surface area contributed by atoms with E-state index in [0.717, 1.165) is 24.9 Å². The highest BCUT2D eigenvalue weighted by Gasteiger charge is 2.28. The quantitative estimate of drug-likeness (QED) is 0.889. The van der Waals surface area contributed by atoms with Crippen LogP contribution in [0.15, 0.2) is 22.7 Å². The molecule has 0 aliphatic carbocycles. The lowest BCUT2D eigenvalue weighted by molar-refractivity contribution is -0.122. The number of likely N-dealkylation sites (tertiary alicyclic amines) is 1. The molecule has 2 N–H and O–H groups in total. The third-order valence-corrected chi connectivity index (χ3v) is 3.91. The number of alkyl halides is 2. The summed E-state index contributed by atoms with van der Waals surface area (Å²) in [5.74, 6) is -0.226. The first-order valence-electron chi connectivity index (χ1n) is 6.24. The molecule has 4 nitrogen and oxygen atoms in total. The van der Waals surface area contributed by atoms with Gasteiger partial charge in [-0.05, 0) is 53.0 Å². The number of hydrogen-bond donors (Lipinski definition) is 1. The van der Waals surface area contributed by atoms with Crippen molar-refractivity contribution in [2.24, 2.45) is 5.73 Å². The molecule has 1 saturated heterocycles. The van der Waals surface area contributed by atoms with Crippen LogP contribution in [0.3, 0.4) is 0 Å². The number of halogens is 3. The molecule has 7 heteroatoms. The van der Waals surface area contributed by atoms with Crippen LogP contribution in [0, 0.1) is 0 Å². The van der Waals surface area contributed by atoms with Crippen molar-refractivity contribution in [3.63, 3.8) is 0 Å². The number of ether oxygens (including phenoxy) is 1. The van der Waals surface area contributed by atoms with E-state index in [1.165, 1.54) is 6.07 Å². The highest BCUT2D eigenvalue weighted by Crippen LogP contribution is 2.29. The van der Waals surface area contributed by atoms with E-state index < -0.39 is 6.61 Å². The SMILES string of the molecule is NC(=O)[C@@H]1CCCN1Cc1ccc(OC(F)F)c(Br)c1. The molecule has 0 radical (unpaired) electrons. The molecule has 1 aromatic rings. The van der Waals surface area contributed by atoms with E-state index in [1.807, 2.05) is 4.90 Å². The Labute approximate surface area is 124 Å². The molecule has 20 heavy (non-hydrogen) atoms. The number of hydrogen-bond acceptors (Lipinski definition) is 3. The second-order valence-electron chi connectivity index (χ2n) is 4.67. The first kappa shape index (κ1) is 15.2. The van der Waals surface area contributed by atoms with E-state index in [-0.39, 0.29) is 17.7 Å². The van der Waals surface area contributed by atoms with Gasteiger partial charge >= 0.3 is 6.61 Å². The zero-order valence-corrected chi connectivity index (χ0v) is 12.3. The standard InChI is InChI=1S/C13H15BrF2N2O2/c14-9-6-8(3-4-11(9)20-13(15)16)7-18-5-1-2-10(18)12(17)19/h3-4,6,10,13H,1-2,5,7H2,(H2,17,19)/t10-/m0/s1. The van der Waals surface area contributed by atoms with Gasteiger partial charge in [0.15, 0.2) is 0 Å². The summed E-state index contributed by atoms with van der Waals surface area (Å²) in [4.78, 5) is 13.3. The molecule has 1 amide bonds. The largest absolute Gasteiger partial charge is 0.434 e. The highest BCUT2D eigenvalue weighted by molar-refractivity contribution is 9.10. The van der Waals surface area contributed by atoms with Gasteiger partial charge in [-0.15, -0.1) is 0 Å². The molecule has 2 rings (SSSR count). The van der Waals surface area contributed by atoms with Crippen molar-refractivity contribution in [2.45, 2.75) is 32.0 Å². The topological polar surface area (TPSA) is 55.6 Å². The molecule has 1 atom stereocenters. The van der Waals surface area contributed by atoms with Crippen LogP contribution in [0.25, 0.3) is 0 Å². The van der Waals surface area contributed by atoms with Gasteiger partial charge in [-0.2, -0.15) is 8.78 Å². The monoisotopic (exact) mass is 348 g/mol. The maximum absolute atomic E-state index is 12.2. The Morgan fingerprint density at radius 2 is 2.30 bits per heavy atom. The number of benzene rings is 1. The molecule has 0 spiro atoms. The average Bonchev–Trinajstić information content (AvgIpc) is 2.80. The summed E-state index contributed by atoms with van der Waals surface area (Å²) in [6.07, 6.45) is 1.70.